The summed E-state index contributed by atoms with van der Waals surface area (Å²) in [6.45, 7) is 3.17. The van der Waals surface area contributed by atoms with Crippen LogP contribution in [0.1, 0.15) is 37.7 Å². The van der Waals surface area contributed by atoms with E-state index in [4.69, 9.17) is 5.14 Å². The van der Waals surface area contributed by atoms with Crippen molar-refractivity contribution in [3.63, 3.8) is 0 Å². The zero-order valence-electron chi connectivity index (χ0n) is 17.0. The Kier molecular flexibility index (Phi) is 6.89. The molecule has 0 saturated carbocycles. The molecule has 30 heavy (non-hydrogen) atoms. The number of anilines is 1. The van der Waals surface area contributed by atoms with Gasteiger partial charge in [-0.25, -0.2) is 13.6 Å². The number of likely N-dealkylation sites (tertiary alicyclic amines) is 1. The molecule has 1 saturated heterocycles. The lowest BCUT2D eigenvalue weighted by Crippen LogP contribution is -2.41. The summed E-state index contributed by atoms with van der Waals surface area (Å²) in [5.74, 6) is -0.0366. The molecule has 0 unspecified atom stereocenters. The molecule has 1 aliphatic rings. The second-order valence-electron chi connectivity index (χ2n) is 7.73. The number of nitrogens with one attached hydrogen (secondary N) is 1. The van der Waals surface area contributed by atoms with E-state index < -0.39 is 10.0 Å². The van der Waals surface area contributed by atoms with E-state index in [-0.39, 0.29) is 28.5 Å². The molecule has 0 radical (unpaired) electrons. The first kappa shape index (κ1) is 22.0. The van der Waals surface area contributed by atoms with E-state index in [0.29, 0.717) is 38.0 Å². The summed E-state index contributed by atoms with van der Waals surface area (Å²) in [6.07, 6.45) is 1.66. The van der Waals surface area contributed by atoms with E-state index in [2.05, 4.69) is 12.2 Å². The van der Waals surface area contributed by atoms with E-state index in [0.717, 1.165) is 5.56 Å². The average Bonchev–Trinajstić information content (AvgIpc) is 2.74. The summed E-state index contributed by atoms with van der Waals surface area (Å²) >= 11 is 0. The number of piperidine rings is 1. The van der Waals surface area contributed by atoms with Gasteiger partial charge in [0.05, 0.1) is 4.90 Å². The number of rotatable bonds is 6. The number of primary sulfonamides is 1. The molecule has 2 amide bonds. The molecule has 7 nitrogen and oxygen atoms in total. The minimum absolute atomic E-state index is 0.00273. The quantitative estimate of drug-likeness (QED) is 0.736. The molecule has 160 valence electrons. The summed E-state index contributed by atoms with van der Waals surface area (Å²) in [6, 6.07) is 15.7. The maximum absolute atomic E-state index is 12.6. The van der Waals surface area contributed by atoms with Crippen LogP contribution in [0, 0.1) is 5.92 Å². The summed E-state index contributed by atoms with van der Waals surface area (Å²) < 4.78 is 22.6. The fourth-order valence-corrected chi connectivity index (χ4v) is 4.17. The van der Waals surface area contributed by atoms with Gasteiger partial charge in [0.25, 0.3) is 0 Å². The van der Waals surface area contributed by atoms with Crippen molar-refractivity contribution in [3.8, 4) is 0 Å². The van der Waals surface area contributed by atoms with Gasteiger partial charge >= 0.3 is 0 Å². The van der Waals surface area contributed by atoms with Crippen LogP contribution in [-0.2, 0) is 19.6 Å². The Labute approximate surface area is 177 Å². The smallest absolute Gasteiger partial charge is 0.238 e. The molecule has 0 aliphatic carbocycles. The largest absolute Gasteiger partial charge is 0.343 e. The van der Waals surface area contributed by atoms with Crippen LogP contribution in [0.5, 0.6) is 0 Å². The molecule has 3 N–H and O–H groups in total. The Morgan fingerprint density at radius 1 is 1.07 bits per heavy atom. The highest BCUT2D eigenvalue weighted by Gasteiger charge is 2.28. The average molecular weight is 430 g/mol. The normalized spacial score (nSPS) is 16.1. The Morgan fingerprint density at radius 2 is 1.67 bits per heavy atom. The van der Waals surface area contributed by atoms with Crippen LogP contribution < -0.4 is 10.5 Å². The third kappa shape index (κ3) is 5.67. The van der Waals surface area contributed by atoms with Crippen LogP contribution in [0.25, 0.3) is 0 Å². The number of nitrogens with zero attached hydrogens (tertiary/aromatic N) is 1. The van der Waals surface area contributed by atoms with Gasteiger partial charge in [-0.1, -0.05) is 37.3 Å². The lowest BCUT2D eigenvalue weighted by molar-refractivity contribution is -0.134. The summed E-state index contributed by atoms with van der Waals surface area (Å²) in [5, 5.41) is 7.89. The van der Waals surface area contributed by atoms with E-state index in [1.165, 1.54) is 24.3 Å². The Morgan fingerprint density at radius 3 is 2.23 bits per heavy atom. The van der Waals surface area contributed by atoms with Crippen LogP contribution in [0.3, 0.4) is 0 Å². The zero-order chi connectivity index (χ0) is 21.7. The summed E-state index contributed by atoms with van der Waals surface area (Å²) in [5.41, 5.74) is 1.66. The molecule has 0 aromatic heterocycles. The SMILES string of the molecule is C[C@H](CC(=O)N1CCC(C(=O)Nc2ccc(S(N)(=O)=O)cc2)CC1)c1ccccc1. The number of hydrogen-bond donors (Lipinski definition) is 2. The first-order chi connectivity index (χ1) is 14.2. The molecule has 0 bridgehead atoms. The number of hydrogen-bond acceptors (Lipinski definition) is 4. The van der Waals surface area contributed by atoms with Gasteiger partial charge in [-0.05, 0) is 48.6 Å². The van der Waals surface area contributed by atoms with Crippen molar-refractivity contribution in [2.75, 3.05) is 18.4 Å². The lowest BCUT2D eigenvalue weighted by atomic mass is 9.93. The van der Waals surface area contributed by atoms with Crippen molar-refractivity contribution in [1.82, 2.24) is 4.90 Å². The maximum Gasteiger partial charge on any atom is 0.238 e. The number of carbonyl (C=O) groups is 2. The standard InChI is InChI=1S/C22H27N3O4S/c1-16(17-5-3-2-4-6-17)15-21(26)25-13-11-18(12-14-25)22(27)24-19-7-9-20(10-8-19)30(23,28)29/h2-10,16,18H,11-15H2,1H3,(H,24,27)(H2,23,28,29)/t16-/m1/s1. The molecule has 1 fully saturated rings. The topological polar surface area (TPSA) is 110 Å². The van der Waals surface area contributed by atoms with Crippen molar-refractivity contribution in [2.45, 2.75) is 37.0 Å². The number of benzene rings is 2. The van der Waals surface area contributed by atoms with E-state index in [1.54, 1.807) is 0 Å². The van der Waals surface area contributed by atoms with E-state index >= 15 is 0 Å². The maximum atomic E-state index is 12.6. The third-order valence-electron chi connectivity index (χ3n) is 5.52. The monoisotopic (exact) mass is 429 g/mol. The minimum Gasteiger partial charge on any atom is -0.343 e. The second-order valence-corrected chi connectivity index (χ2v) is 9.29. The van der Waals surface area contributed by atoms with Gasteiger partial charge in [-0.2, -0.15) is 0 Å². The lowest BCUT2D eigenvalue weighted by Gasteiger charge is -2.32. The molecular weight excluding hydrogens is 402 g/mol. The number of carbonyl (C=O) groups excluding carboxylic acids is 2. The van der Waals surface area contributed by atoms with Gasteiger partial charge in [0.2, 0.25) is 21.8 Å². The Bertz CT molecular complexity index is 983. The molecule has 2 aromatic rings. The van der Waals surface area contributed by atoms with Crippen LogP contribution in [0.4, 0.5) is 5.69 Å². The molecule has 2 aromatic carbocycles. The summed E-state index contributed by atoms with van der Waals surface area (Å²) in [4.78, 5) is 27.0. The highest BCUT2D eigenvalue weighted by molar-refractivity contribution is 7.89. The van der Waals surface area contributed by atoms with Gasteiger partial charge in [-0.3, -0.25) is 9.59 Å². The zero-order valence-corrected chi connectivity index (χ0v) is 17.8. The third-order valence-corrected chi connectivity index (χ3v) is 6.45. The van der Waals surface area contributed by atoms with Crippen LogP contribution in [0.15, 0.2) is 59.5 Å². The predicted octanol–water partition coefficient (Wildman–Crippen LogP) is 2.70. The summed E-state index contributed by atoms with van der Waals surface area (Å²) in [7, 11) is -3.76. The molecule has 0 spiro atoms. The number of nitrogens with two attached hydrogens (primary N) is 1. The molecule has 1 atom stereocenters. The first-order valence-corrected chi connectivity index (χ1v) is 11.5. The van der Waals surface area contributed by atoms with Crippen LogP contribution in [0.2, 0.25) is 0 Å². The molecule has 1 heterocycles. The minimum atomic E-state index is -3.76. The second kappa shape index (κ2) is 9.40. The van der Waals surface area contributed by atoms with E-state index in [9.17, 15) is 18.0 Å². The first-order valence-electron chi connectivity index (χ1n) is 10.0. The fourth-order valence-electron chi connectivity index (χ4n) is 3.65. The molecular formula is C22H27N3O4S. The van der Waals surface area contributed by atoms with Gasteiger partial charge in [0.1, 0.15) is 0 Å². The Balaban J connectivity index is 1.48. The molecule has 8 heteroatoms. The predicted molar refractivity (Wildman–Crippen MR) is 115 cm³/mol. The van der Waals surface area contributed by atoms with Gasteiger partial charge < -0.3 is 10.2 Å². The van der Waals surface area contributed by atoms with Crippen molar-refractivity contribution in [1.29, 1.82) is 0 Å². The number of sulfonamides is 1. The van der Waals surface area contributed by atoms with Crippen LogP contribution in [-0.4, -0.2) is 38.2 Å². The van der Waals surface area contributed by atoms with Gasteiger partial charge in [-0.15, -0.1) is 0 Å². The molecule has 3 rings (SSSR count). The van der Waals surface area contributed by atoms with E-state index in [1.807, 2.05) is 35.2 Å². The van der Waals surface area contributed by atoms with Crippen molar-refractivity contribution in [3.05, 3.63) is 60.2 Å². The highest BCUT2D eigenvalue weighted by atomic mass is 32.2. The van der Waals surface area contributed by atoms with Crippen molar-refractivity contribution >= 4 is 27.5 Å². The van der Waals surface area contributed by atoms with Crippen LogP contribution >= 0.6 is 0 Å². The fraction of sp³-hybridized carbons (Fsp3) is 0.364. The van der Waals surface area contributed by atoms with Gasteiger partial charge in [0, 0.05) is 31.1 Å². The molecule has 1 aliphatic heterocycles. The number of amides is 2. The van der Waals surface area contributed by atoms with Crippen molar-refractivity contribution < 1.29 is 18.0 Å². The Hall–Kier alpha value is -2.71. The van der Waals surface area contributed by atoms with Gasteiger partial charge in [0.15, 0.2) is 0 Å². The highest BCUT2D eigenvalue weighted by Crippen LogP contribution is 2.24. The van der Waals surface area contributed by atoms with Crippen molar-refractivity contribution in [2.24, 2.45) is 11.1 Å².